The number of aliphatic imine (C=N–C) groups is 1. The Kier molecular flexibility index (Phi) is 9.92. The van der Waals surface area contributed by atoms with E-state index in [0.29, 0.717) is 30.6 Å². The number of benzene rings is 1. The highest BCUT2D eigenvalue weighted by atomic mass is 32.2. The van der Waals surface area contributed by atoms with E-state index in [-0.39, 0.29) is 11.4 Å². The molecule has 0 aliphatic rings. The third-order valence-corrected chi connectivity index (χ3v) is 5.66. The van der Waals surface area contributed by atoms with Crippen LogP contribution in [0.1, 0.15) is 46.1 Å². The van der Waals surface area contributed by atoms with Crippen molar-refractivity contribution in [3.8, 4) is 0 Å². The van der Waals surface area contributed by atoms with Crippen molar-refractivity contribution >= 4 is 16.0 Å². The predicted octanol–water partition coefficient (Wildman–Crippen LogP) is 2.49. The molecule has 1 atom stereocenters. The Balaban J connectivity index is 2.63. The van der Waals surface area contributed by atoms with Crippen LogP contribution in [0.2, 0.25) is 0 Å². The molecule has 1 rings (SSSR count). The van der Waals surface area contributed by atoms with Crippen LogP contribution >= 0.6 is 0 Å². The van der Waals surface area contributed by atoms with Gasteiger partial charge in [-0.3, -0.25) is 4.99 Å². The van der Waals surface area contributed by atoms with Gasteiger partial charge in [-0.1, -0.05) is 32.9 Å². The molecule has 1 aromatic rings. The molecule has 0 spiro atoms. The highest BCUT2D eigenvalue weighted by molar-refractivity contribution is 7.89. The minimum Gasteiger partial charge on any atom is -0.383 e. The number of ether oxygens (including phenoxy) is 1. The second-order valence-corrected chi connectivity index (χ2v) is 9.88. The molecular weight excluding hydrogens is 376 g/mol. The summed E-state index contributed by atoms with van der Waals surface area (Å²) in [6.45, 7) is 9.89. The molecule has 3 N–H and O–H groups in total. The molecule has 1 aromatic carbocycles. The second kappa shape index (κ2) is 11.4. The SMILES string of the molecule is CN=C(NCc1cccc(S(=O)(=O)NCCOC)c1)NC(C)CCC(C)(C)C. The summed E-state index contributed by atoms with van der Waals surface area (Å²) in [5, 5.41) is 6.63. The third kappa shape index (κ3) is 9.52. The van der Waals surface area contributed by atoms with Gasteiger partial charge in [-0.25, -0.2) is 13.1 Å². The minimum absolute atomic E-state index is 0.240. The molecule has 1 unspecified atom stereocenters. The molecular formula is C20H36N4O3S. The van der Waals surface area contributed by atoms with Crippen molar-refractivity contribution in [2.24, 2.45) is 10.4 Å². The Morgan fingerprint density at radius 3 is 2.61 bits per heavy atom. The molecule has 0 radical (unpaired) electrons. The lowest BCUT2D eigenvalue weighted by Crippen LogP contribution is -2.42. The maximum absolute atomic E-state index is 12.3. The van der Waals surface area contributed by atoms with Crippen LogP contribution in [-0.2, 0) is 21.3 Å². The van der Waals surface area contributed by atoms with Crippen LogP contribution in [0.5, 0.6) is 0 Å². The largest absolute Gasteiger partial charge is 0.383 e. The van der Waals surface area contributed by atoms with Crippen molar-refractivity contribution in [2.75, 3.05) is 27.3 Å². The Labute approximate surface area is 170 Å². The van der Waals surface area contributed by atoms with Crippen LogP contribution in [0.25, 0.3) is 0 Å². The number of rotatable bonds is 10. The standard InChI is InChI=1S/C20H36N4O3S/c1-16(10-11-20(2,3)4)24-19(21-5)22-15-17-8-7-9-18(14-17)28(25,26)23-12-13-27-6/h7-9,14,16,23H,10-13,15H2,1-6H3,(H2,21,22,24). The van der Waals surface area contributed by atoms with Crippen molar-refractivity contribution in [2.45, 2.75) is 58.0 Å². The van der Waals surface area contributed by atoms with E-state index in [4.69, 9.17) is 4.74 Å². The summed E-state index contributed by atoms with van der Waals surface area (Å²) in [5.74, 6) is 0.702. The highest BCUT2D eigenvalue weighted by Gasteiger charge is 2.15. The van der Waals surface area contributed by atoms with Gasteiger partial charge in [0.25, 0.3) is 0 Å². The van der Waals surface area contributed by atoms with Gasteiger partial charge in [0.2, 0.25) is 10.0 Å². The molecule has 28 heavy (non-hydrogen) atoms. The molecule has 0 amide bonds. The fourth-order valence-electron chi connectivity index (χ4n) is 2.52. The van der Waals surface area contributed by atoms with Crippen LogP contribution in [0, 0.1) is 5.41 Å². The zero-order valence-corrected chi connectivity index (χ0v) is 18.8. The first-order valence-corrected chi connectivity index (χ1v) is 11.1. The summed E-state index contributed by atoms with van der Waals surface area (Å²) in [7, 11) is -0.281. The smallest absolute Gasteiger partial charge is 0.240 e. The molecule has 0 aliphatic carbocycles. The fraction of sp³-hybridized carbons (Fsp3) is 0.650. The topological polar surface area (TPSA) is 91.8 Å². The van der Waals surface area contributed by atoms with Gasteiger partial charge in [-0.15, -0.1) is 0 Å². The maximum atomic E-state index is 12.3. The summed E-state index contributed by atoms with van der Waals surface area (Å²) >= 11 is 0. The molecule has 0 fully saturated rings. The number of hydrogen-bond donors (Lipinski definition) is 3. The van der Waals surface area contributed by atoms with E-state index in [1.54, 1.807) is 25.2 Å². The van der Waals surface area contributed by atoms with Crippen LogP contribution < -0.4 is 15.4 Å². The van der Waals surface area contributed by atoms with E-state index < -0.39 is 10.0 Å². The monoisotopic (exact) mass is 412 g/mol. The second-order valence-electron chi connectivity index (χ2n) is 8.11. The predicted molar refractivity (Wildman–Crippen MR) is 115 cm³/mol. The molecule has 0 aromatic heterocycles. The minimum atomic E-state index is -3.54. The average Bonchev–Trinajstić information content (AvgIpc) is 2.63. The first-order chi connectivity index (χ1) is 13.1. The van der Waals surface area contributed by atoms with Gasteiger partial charge in [0.05, 0.1) is 11.5 Å². The summed E-state index contributed by atoms with van der Waals surface area (Å²) in [6.07, 6.45) is 2.17. The van der Waals surface area contributed by atoms with Crippen LogP contribution in [0.15, 0.2) is 34.2 Å². The summed E-state index contributed by atoms with van der Waals surface area (Å²) in [5.41, 5.74) is 1.16. The lowest BCUT2D eigenvalue weighted by atomic mass is 9.89. The Morgan fingerprint density at radius 1 is 1.29 bits per heavy atom. The van der Waals surface area contributed by atoms with Gasteiger partial charge in [0, 0.05) is 33.3 Å². The van der Waals surface area contributed by atoms with Gasteiger partial charge in [0.1, 0.15) is 0 Å². The van der Waals surface area contributed by atoms with E-state index in [0.717, 1.165) is 18.4 Å². The number of nitrogens with zero attached hydrogens (tertiary/aromatic N) is 1. The molecule has 0 aliphatic heterocycles. The highest BCUT2D eigenvalue weighted by Crippen LogP contribution is 2.21. The van der Waals surface area contributed by atoms with Gasteiger partial charge in [-0.05, 0) is 42.9 Å². The molecule has 0 heterocycles. The van der Waals surface area contributed by atoms with Crippen LogP contribution in [0.3, 0.4) is 0 Å². The number of hydrogen-bond acceptors (Lipinski definition) is 4. The zero-order valence-electron chi connectivity index (χ0n) is 18.0. The van der Waals surface area contributed by atoms with Gasteiger partial charge >= 0.3 is 0 Å². The van der Waals surface area contributed by atoms with E-state index in [1.807, 2.05) is 6.07 Å². The zero-order chi connectivity index (χ0) is 21.2. The van der Waals surface area contributed by atoms with Crippen molar-refractivity contribution in [3.63, 3.8) is 0 Å². The molecule has 160 valence electrons. The average molecular weight is 413 g/mol. The Morgan fingerprint density at radius 2 is 2.00 bits per heavy atom. The van der Waals surface area contributed by atoms with Gasteiger partial charge in [0.15, 0.2) is 5.96 Å². The van der Waals surface area contributed by atoms with Crippen molar-refractivity contribution < 1.29 is 13.2 Å². The van der Waals surface area contributed by atoms with Crippen molar-refractivity contribution in [1.82, 2.24) is 15.4 Å². The maximum Gasteiger partial charge on any atom is 0.240 e. The van der Waals surface area contributed by atoms with Gasteiger partial charge < -0.3 is 15.4 Å². The lowest BCUT2D eigenvalue weighted by Gasteiger charge is -2.23. The third-order valence-electron chi connectivity index (χ3n) is 4.20. The van der Waals surface area contributed by atoms with E-state index in [2.05, 4.69) is 48.0 Å². The van der Waals surface area contributed by atoms with Crippen LogP contribution in [0.4, 0.5) is 0 Å². The molecule has 8 heteroatoms. The van der Waals surface area contributed by atoms with Crippen molar-refractivity contribution in [3.05, 3.63) is 29.8 Å². The molecule has 0 saturated heterocycles. The number of guanidine groups is 1. The van der Waals surface area contributed by atoms with Crippen LogP contribution in [-0.4, -0.2) is 47.7 Å². The number of nitrogens with one attached hydrogen (secondary N) is 3. The molecule has 0 saturated carbocycles. The summed E-state index contributed by atoms with van der Waals surface area (Å²) in [4.78, 5) is 4.50. The number of sulfonamides is 1. The number of methoxy groups -OCH3 is 1. The summed E-state index contributed by atoms with van der Waals surface area (Å²) in [6, 6.07) is 7.17. The van der Waals surface area contributed by atoms with Gasteiger partial charge in [-0.2, -0.15) is 0 Å². The van der Waals surface area contributed by atoms with Crippen molar-refractivity contribution in [1.29, 1.82) is 0 Å². The Hall–Kier alpha value is -1.64. The summed E-state index contributed by atoms with van der Waals surface area (Å²) < 4.78 is 32.1. The molecule has 0 bridgehead atoms. The normalized spacial score (nSPS) is 14.0. The fourth-order valence-corrected chi connectivity index (χ4v) is 3.60. The molecule has 7 nitrogen and oxygen atoms in total. The first-order valence-electron chi connectivity index (χ1n) is 9.62. The van der Waals surface area contributed by atoms with E-state index >= 15 is 0 Å². The quantitative estimate of drug-likeness (QED) is 0.312. The van der Waals surface area contributed by atoms with E-state index in [9.17, 15) is 8.42 Å². The first kappa shape index (κ1) is 24.4. The van der Waals surface area contributed by atoms with E-state index in [1.165, 1.54) is 7.11 Å². The Bertz CT molecular complexity index is 727. The lowest BCUT2D eigenvalue weighted by molar-refractivity contribution is 0.204.